The quantitative estimate of drug-likeness (QED) is 0.851. The van der Waals surface area contributed by atoms with Crippen LogP contribution in [0.1, 0.15) is 28.8 Å². The van der Waals surface area contributed by atoms with Gasteiger partial charge in [-0.2, -0.15) is 4.98 Å². The van der Waals surface area contributed by atoms with Gasteiger partial charge in [0.25, 0.3) is 0 Å². The summed E-state index contributed by atoms with van der Waals surface area (Å²) in [5, 5.41) is 16.5. The molecule has 2 heterocycles. The Balaban J connectivity index is 1.61. The number of aliphatic carboxylic acids is 1. The minimum atomic E-state index is -0.790. The highest BCUT2D eigenvalue weighted by molar-refractivity contribution is 7.15. The lowest BCUT2D eigenvalue weighted by Gasteiger charge is -2.02. The molecule has 1 aliphatic carbocycles. The minimum absolute atomic E-state index is 0.447. The van der Waals surface area contributed by atoms with Crippen molar-refractivity contribution in [2.75, 3.05) is 11.9 Å². The number of aromatic nitrogens is 3. The van der Waals surface area contributed by atoms with Crippen molar-refractivity contribution in [2.45, 2.75) is 25.2 Å². The molecule has 1 atom stereocenters. The number of carbonyl (C=O) groups is 1. The Morgan fingerprint density at radius 2 is 2.53 bits per heavy atom. The summed E-state index contributed by atoms with van der Waals surface area (Å²) in [7, 11) is 0. The lowest BCUT2D eigenvalue weighted by molar-refractivity contribution is -0.138. The highest BCUT2D eigenvalue weighted by Gasteiger charge is 2.32. The minimum Gasteiger partial charge on any atom is -0.481 e. The average molecular weight is 280 g/mol. The van der Waals surface area contributed by atoms with Gasteiger partial charge >= 0.3 is 5.97 Å². The van der Waals surface area contributed by atoms with E-state index in [1.54, 1.807) is 0 Å². The molecule has 0 aliphatic heterocycles. The van der Waals surface area contributed by atoms with Crippen molar-refractivity contribution < 1.29 is 14.4 Å². The SMILES string of the molecule is O=C(O)C1CCc2sc(NCCc3ncno3)nc21. The van der Waals surface area contributed by atoms with Crippen molar-refractivity contribution in [3.8, 4) is 0 Å². The van der Waals surface area contributed by atoms with Gasteiger partial charge in [-0.25, -0.2) is 4.98 Å². The molecule has 1 aliphatic rings. The molecule has 2 N–H and O–H groups in total. The third-order valence-corrected chi connectivity index (χ3v) is 4.13. The van der Waals surface area contributed by atoms with E-state index >= 15 is 0 Å². The molecule has 0 bridgehead atoms. The second kappa shape index (κ2) is 4.96. The molecule has 19 heavy (non-hydrogen) atoms. The standard InChI is InChI=1S/C11H12N4O3S/c16-10(17)6-1-2-7-9(6)15-11(19-7)12-4-3-8-13-5-14-18-8/h5-6H,1-4H2,(H,12,15)(H,16,17). The van der Waals surface area contributed by atoms with Crippen LogP contribution in [0.25, 0.3) is 0 Å². The maximum atomic E-state index is 11.1. The summed E-state index contributed by atoms with van der Waals surface area (Å²) in [5.41, 5.74) is 0.720. The number of hydrogen-bond acceptors (Lipinski definition) is 7. The first-order chi connectivity index (χ1) is 9.24. The highest BCUT2D eigenvalue weighted by Crippen LogP contribution is 2.38. The number of anilines is 1. The fourth-order valence-corrected chi connectivity index (χ4v) is 3.19. The largest absolute Gasteiger partial charge is 0.481 e. The number of aryl methyl sites for hydroxylation is 1. The summed E-state index contributed by atoms with van der Waals surface area (Å²) in [6, 6.07) is 0. The molecule has 3 rings (SSSR count). The van der Waals surface area contributed by atoms with Crippen LogP contribution in [0.2, 0.25) is 0 Å². The van der Waals surface area contributed by atoms with E-state index in [2.05, 4.69) is 20.4 Å². The Morgan fingerprint density at radius 3 is 3.26 bits per heavy atom. The second-order valence-electron chi connectivity index (χ2n) is 4.27. The molecule has 1 unspecified atom stereocenters. The van der Waals surface area contributed by atoms with Gasteiger partial charge in [0, 0.05) is 17.8 Å². The average Bonchev–Trinajstić information content (AvgIpc) is 3.03. The Kier molecular flexibility index (Phi) is 3.16. The van der Waals surface area contributed by atoms with Crippen molar-refractivity contribution in [3.63, 3.8) is 0 Å². The summed E-state index contributed by atoms with van der Waals surface area (Å²) in [6.45, 7) is 0.631. The van der Waals surface area contributed by atoms with Crippen LogP contribution in [0.5, 0.6) is 0 Å². The maximum Gasteiger partial charge on any atom is 0.312 e. The van der Waals surface area contributed by atoms with Crippen LogP contribution in [0.4, 0.5) is 5.13 Å². The Morgan fingerprint density at radius 1 is 1.63 bits per heavy atom. The molecule has 8 heteroatoms. The predicted octanol–water partition coefficient (Wildman–Crippen LogP) is 1.30. The van der Waals surface area contributed by atoms with Gasteiger partial charge in [0.1, 0.15) is 5.92 Å². The van der Waals surface area contributed by atoms with Crippen LogP contribution < -0.4 is 5.32 Å². The van der Waals surface area contributed by atoms with Crippen LogP contribution >= 0.6 is 11.3 Å². The molecule has 0 spiro atoms. The van der Waals surface area contributed by atoms with E-state index in [1.165, 1.54) is 17.7 Å². The predicted molar refractivity (Wildman–Crippen MR) is 67.3 cm³/mol. The van der Waals surface area contributed by atoms with Gasteiger partial charge in [0.15, 0.2) is 11.5 Å². The van der Waals surface area contributed by atoms with E-state index in [1.807, 2.05) is 0 Å². The van der Waals surface area contributed by atoms with E-state index in [0.717, 1.165) is 22.1 Å². The third kappa shape index (κ3) is 2.43. The van der Waals surface area contributed by atoms with Crippen LogP contribution in [-0.4, -0.2) is 32.7 Å². The normalized spacial score (nSPS) is 17.4. The third-order valence-electron chi connectivity index (χ3n) is 3.04. The fourth-order valence-electron chi connectivity index (χ4n) is 2.13. The monoisotopic (exact) mass is 280 g/mol. The number of fused-ring (bicyclic) bond motifs is 1. The van der Waals surface area contributed by atoms with Gasteiger partial charge in [0.05, 0.1) is 5.69 Å². The van der Waals surface area contributed by atoms with Gasteiger partial charge < -0.3 is 14.9 Å². The molecule has 2 aromatic heterocycles. The number of nitrogens with one attached hydrogen (secondary N) is 1. The summed E-state index contributed by atoms with van der Waals surface area (Å²) in [6.07, 6.45) is 3.44. The van der Waals surface area contributed by atoms with Crippen LogP contribution in [-0.2, 0) is 17.6 Å². The fraction of sp³-hybridized carbons (Fsp3) is 0.455. The molecular formula is C11H12N4O3S. The molecule has 0 aromatic carbocycles. The van der Waals surface area contributed by atoms with E-state index in [4.69, 9.17) is 9.63 Å². The number of thiazole rings is 1. The first-order valence-electron chi connectivity index (χ1n) is 5.96. The summed E-state index contributed by atoms with van der Waals surface area (Å²) < 4.78 is 4.89. The molecule has 2 aromatic rings. The van der Waals surface area contributed by atoms with Gasteiger partial charge in [-0.05, 0) is 12.8 Å². The number of carboxylic acid groups (broad SMARTS) is 1. The van der Waals surface area contributed by atoms with Crippen molar-refractivity contribution in [1.82, 2.24) is 15.1 Å². The first kappa shape index (κ1) is 12.1. The number of carboxylic acids is 1. The topological polar surface area (TPSA) is 101 Å². The highest BCUT2D eigenvalue weighted by atomic mass is 32.1. The molecule has 0 amide bonds. The van der Waals surface area contributed by atoms with Crippen molar-refractivity contribution in [3.05, 3.63) is 22.8 Å². The summed E-state index contributed by atoms with van der Waals surface area (Å²) in [4.78, 5) is 20.4. The molecule has 7 nitrogen and oxygen atoms in total. The Bertz CT molecular complexity index is 581. The van der Waals surface area contributed by atoms with Crippen LogP contribution in [0, 0.1) is 0 Å². The Hall–Kier alpha value is -1.96. The molecular weight excluding hydrogens is 268 g/mol. The Labute approximate surface area is 112 Å². The summed E-state index contributed by atoms with van der Waals surface area (Å²) >= 11 is 1.53. The van der Waals surface area contributed by atoms with E-state index in [-0.39, 0.29) is 0 Å². The molecule has 0 saturated carbocycles. The van der Waals surface area contributed by atoms with Gasteiger partial charge in [-0.3, -0.25) is 4.79 Å². The lowest BCUT2D eigenvalue weighted by atomic mass is 10.1. The zero-order valence-electron chi connectivity index (χ0n) is 10.00. The molecule has 100 valence electrons. The van der Waals surface area contributed by atoms with E-state index in [0.29, 0.717) is 25.3 Å². The van der Waals surface area contributed by atoms with Crippen LogP contribution in [0.15, 0.2) is 10.9 Å². The maximum absolute atomic E-state index is 11.1. The molecule has 0 radical (unpaired) electrons. The number of nitrogens with zero attached hydrogens (tertiary/aromatic N) is 3. The van der Waals surface area contributed by atoms with Crippen molar-refractivity contribution in [2.24, 2.45) is 0 Å². The van der Waals surface area contributed by atoms with Gasteiger partial charge in [-0.1, -0.05) is 5.16 Å². The van der Waals surface area contributed by atoms with Crippen LogP contribution in [0.3, 0.4) is 0 Å². The zero-order valence-corrected chi connectivity index (χ0v) is 10.8. The number of hydrogen-bond donors (Lipinski definition) is 2. The summed E-state index contributed by atoms with van der Waals surface area (Å²) in [5.74, 6) is -0.667. The van der Waals surface area contributed by atoms with Gasteiger partial charge in [0.2, 0.25) is 5.89 Å². The van der Waals surface area contributed by atoms with Crippen molar-refractivity contribution in [1.29, 1.82) is 0 Å². The molecule has 0 saturated heterocycles. The lowest BCUT2D eigenvalue weighted by Crippen LogP contribution is -2.09. The smallest absolute Gasteiger partial charge is 0.312 e. The zero-order chi connectivity index (χ0) is 13.2. The number of rotatable bonds is 5. The van der Waals surface area contributed by atoms with Gasteiger partial charge in [-0.15, -0.1) is 11.3 Å². The van der Waals surface area contributed by atoms with Crippen molar-refractivity contribution >= 4 is 22.4 Å². The van der Waals surface area contributed by atoms with E-state index < -0.39 is 11.9 Å². The first-order valence-corrected chi connectivity index (χ1v) is 6.77. The second-order valence-corrected chi connectivity index (χ2v) is 5.35. The van der Waals surface area contributed by atoms with E-state index in [9.17, 15) is 4.79 Å². The molecule has 0 fully saturated rings.